The van der Waals surface area contributed by atoms with Gasteiger partial charge in [-0.3, -0.25) is 4.79 Å². The molecule has 1 fully saturated rings. The molecule has 0 saturated carbocycles. The average molecular weight is 286 g/mol. The molecule has 1 atom stereocenters. The third-order valence-electron chi connectivity index (χ3n) is 3.67. The van der Waals surface area contributed by atoms with Crippen LogP contribution in [0, 0.1) is 18.8 Å². The van der Waals surface area contributed by atoms with Gasteiger partial charge in [-0.15, -0.1) is 0 Å². The average Bonchev–Trinajstić information content (AvgIpc) is 2.46. The van der Waals surface area contributed by atoms with Crippen LogP contribution in [0.5, 0.6) is 0 Å². The first-order valence-electron chi connectivity index (χ1n) is 7.24. The minimum Gasteiger partial charge on any atom is -0.379 e. The van der Waals surface area contributed by atoms with Crippen molar-refractivity contribution >= 4 is 5.91 Å². The number of hydrogen-bond acceptors (Lipinski definition) is 3. The summed E-state index contributed by atoms with van der Waals surface area (Å²) < 4.78 is 5.48. The molecule has 1 saturated heterocycles. The van der Waals surface area contributed by atoms with Crippen LogP contribution in [0.3, 0.4) is 0 Å². The Bertz CT molecular complexity index is 578. The molecular weight excluding hydrogens is 264 g/mol. The molecule has 4 nitrogen and oxygen atoms in total. The standard InChI is InChI=1S/C17H22N2O2/c1-13-6-7-14(5-3-9-18)11-15(13)16(20)19-17(2)8-4-10-21-12-17/h6-7,11H,4,8-10,12,18H2,1-2H3,(H,19,20). The third-order valence-corrected chi connectivity index (χ3v) is 3.67. The first kappa shape index (κ1) is 15.6. The number of carbonyl (C=O) groups is 1. The van der Waals surface area contributed by atoms with Crippen molar-refractivity contribution in [2.45, 2.75) is 32.2 Å². The number of aryl methyl sites for hydroxylation is 1. The highest BCUT2D eigenvalue weighted by molar-refractivity contribution is 5.96. The normalized spacial score (nSPS) is 21.3. The summed E-state index contributed by atoms with van der Waals surface area (Å²) in [6, 6.07) is 5.63. The van der Waals surface area contributed by atoms with E-state index in [1.807, 2.05) is 32.0 Å². The fraction of sp³-hybridized carbons (Fsp3) is 0.471. The summed E-state index contributed by atoms with van der Waals surface area (Å²) in [7, 11) is 0. The van der Waals surface area contributed by atoms with Crippen LogP contribution in [0.1, 0.15) is 41.3 Å². The molecule has 3 N–H and O–H groups in total. The van der Waals surface area contributed by atoms with Crippen molar-refractivity contribution in [3.05, 3.63) is 34.9 Å². The molecule has 1 amide bonds. The molecule has 1 aliphatic heterocycles. The van der Waals surface area contributed by atoms with Crippen molar-refractivity contribution < 1.29 is 9.53 Å². The fourth-order valence-electron chi connectivity index (χ4n) is 2.47. The Balaban J connectivity index is 2.18. The predicted octanol–water partition coefficient (Wildman–Crippen LogP) is 1.60. The maximum atomic E-state index is 12.5. The van der Waals surface area contributed by atoms with Gasteiger partial charge in [0.1, 0.15) is 0 Å². The van der Waals surface area contributed by atoms with E-state index in [2.05, 4.69) is 17.2 Å². The van der Waals surface area contributed by atoms with E-state index in [1.54, 1.807) is 0 Å². The Hall–Kier alpha value is -1.83. The zero-order chi connectivity index (χ0) is 15.3. The Labute approximate surface area is 126 Å². The number of nitrogens with one attached hydrogen (secondary N) is 1. The second kappa shape index (κ2) is 6.75. The molecule has 0 bridgehead atoms. The van der Waals surface area contributed by atoms with Gasteiger partial charge in [0.2, 0.25) is 0 Å². The Kier molecular flexibility index (Phi) is 5.00. The van der Waals surface area contributed by atoms with Crippen LogP contribution in [0.2, 0.25) is 0 Å². The Morgan fingerprint density at radius 3 is 3.00 bits per heavy atom. The molecule has 1 aromatic rings. The summed E-state index contributed by atoms with van der Waals surface area (Å²) in [6.07, 6.45) is 1.90. The second-order valence-electron chi connectivity index (χ2n) is 5.71. The van der Waals surface area contributed by atoms with Gasteiger partial charge in [-0.2, -0.15) is 0 Å². The van der Waals surface area contributed by atoms with Crippen LogP contribution < -0.4 is 11.1 Å². The number of ether oxygens (including phenoxy) is 1. The quantitative estimate of drug-likeness (QED) is 0.812. The molecule has 0 spiro atoms. The van der Waals surface area contributed by atoms with Gasteiger partial charge in [0.05, 0.1) is 18.7 Å². The van der Waals surface area contributed by atoms with E-state index in [0.29, 0.717) is 18.7 Å². The van der Waals surface area contributed by atoms with Crippen LogP contribution in [0.4, 0.5) is 0 Å². The zero-order valence-electron chi connectivity index (χ0n) is 12.7. The summed E-state index contributed by atoms with van der Waals surface area (Å²) in [5.74, 6) is 5.69. The molecule has 0 radical (unpaired) electrons. The third kappa shape index (κ3) is 4.07. The molecule has 21 heavy (non-hydrogen) atoms. The lowest BCUT2D eigenvalue weighted by molar-refractivity contribution is 0.0272. The maximum Gasteiger partial charge on any atom is 0.252 e. The van der Waals surface area contributed by atoms with E-state index < -0.39 is 0 Å². The Morgan fingerprint density at radius 1 is 1.52 bits per heavy atom. The van der Waals surface area contributed by atoms with Gasteiger partial charge < -0.3 is 15.8 Å². The van der Waals surface area contributed by atoms with E-state index in [0.717, 1.165) is 30.6 Å². The summed E-state index contributed by atoms with van der Waals surface area (Å²) in [6.45, 7) is 5.59. The summed E-state index contributed by atoms with van der Waals surface area (Å²) in [5, 5.41) is 3.10. The first-order valence-corrected chi connectivity index (χ1v) is 7.24. The summed E-state index contributed by atoms with van der Waals surface area (Å²) >= 11 is 0. The van der Waals surface area contributed by atoms with E-state index in [1.165, 1.54) is 0 Å². The highest BCUT2D eigenvalue weighted by atomic mass is 16.5. The predicted molar refractivity (Wildman–Crippen MR) is 83.0 cm³/mol. The van der Waals surface area contributed by atoms with Gasteiger partial charge in [-0.05, 0) is 44.4 Å². The van der Waals surface area contributed by atoms with Crippen molar-refractivity contribution in [3.63, 3.8) is 0 Å². The first-order chi connectivity index (χ1) is 10.0. The zero-order valence-corrected chi connectivity index (χ0v) is 12.7. The van der Waals surface area contributed by atoms with Crippen LogP contribution in [0.15, 0.2) is 18.2 Å². The van der Waals surface area contributed by atoms with E-state index in [9.17, 15) is 4.79 Å². The minimum absolute atomic E-state index is 0.0723. The SMILES string of the molecule is Cc1ccc(C#CCN)cc1C(=O)NC1(C)CCCOC1. The summed E-state index contributed by atoms with van der Waals surface area (Å²) in [4.78, 5) is 12.5. The van der Waals surface area contributed by atoms with E-state index in [-0.39, 0.29) is 11.4 Å². The minimum atomic E-state index is -0.291. The number of hydrogen-bond donors (Lipinski definition) is 2. The second-order valence-corrected chi connectivity index (χ2v) is 5.71. The lowest BCUT2D eigenvalue weighted by atomic mass is 9.94. The molecular formula is C17H22N2O2. The monoisotopic (exact) mass is 286 g/mol. The number of amides is 1. The molecule has 1 aromatic carbocycles. The molecule has 0 aliphatic carbocycles. The molecule has 0 aromatic heterocycles. The summed E-state index contributed by atoms with van der Waals surface area (Å²) in [5.41, 5.74) is 7.49. The van der Waals surface area contributed by atoms with Crippen molar-refractivity contribution in [3.8, 4) is 11.8 Å². The van der Waals surface area contributed by atoms with Crippen LogP contribution in [-0.2, 0) is 4.74 Å². The van der Waals surface area contributed by atoms with Crippen LogP contribution in [0.25, 0.3) is 0 Å². The van der Waals surface area contributed by atoms with E-state index in [4.69, 9.17) is 10.5 Å². The van der Waals surface area contributed by atoms with Gasteiger partial charge in [-0.1, -0.05) is 17.9 Å². The topological polar surface area (TPSA) is 64.4 Å². The van der Waals surface area contributed by atoms with Crippen LogP contribution >= 0.6 is 0 Å². The molecule has 1 unspecified atom stereocenters. The number of rotatable bonds is 2. The van der Waals surface area contributed by atoms with Gasteiger partial charge in [0.15, 0.2) is 0 Å². The van der Waals surface area contributed by atoms with Gasteiger partial charge in [0, 0.05) is 17.7 Å². The van der Waals surface area contributed by atoms with Gasteiger partial charge in [0.25, 0.3) is 5.91 Å². The van der Waals surface area contributed by atoms with Crippen molar-refractivity contribution in [2.24, 2.45) is 5.73 Å². The number of carbonyl (C=O) groups excluding carboxylic acids is 1. The molecule has 4 heteroatoms. The molecule has 112 valence electrons. The Morgan fingerprint density at radius 2 is 2.33 bits per heavy atom. The van der Waals surface area contributed by atoms with Gasteiger partial charge >= 0.3 is 0 Å². The van der Waals surface area contributed by atoms with Gasteiger partial charge in [-0.25, -0.2) is 0 Å². The highest BCUT2D eigenvalue weighted by Crippen LogP contribution is 2.20. The van der Waals surface area contributed by atoms with Crippen molar-refractivity contribution in [1.29, 1.82) is 0 Å². The number of nitrogens with two attached hydrogens (primary N) is 1. The maximum absolute atomic E-state index is 12.5. The highest BCUT2D eigenvalue weighted by Gasteiger charge is 2.29. The van der Waals surface area contributed by atoms with Crippen molar-refractivity contribution in [1.82, 2.24) is 5.32 Å². The van der Waals surface area contributed by atoms with Crippen LogP contribution in [-0.4, -0.2) is 31.2 Å². The fourth-order valence-corrected chi connectivity index (χ4v) is 2.47. The lowest BCUT2D eigenvalue weighted by Gasteiger charge is -2.34. The van der Waals surface area contributed by atoms with Crippen molar-refractivity contribution in [2.75, 3.05) is 19.8 Å². The number of benzene rings is 1. The molecule has 1 aliphatic rings. The largest absolute Gasteiger partial charge is 0.379 e. The lowest BCUT2D eigenvalue weighted by Crippen LogP contribution is -2.51. The smallest absolute Gasteiger partial charge is 0.252 e. The molecule has 2 rings (SSSR count). The van der Waals surface area contributed by atoms with E-state index >= 15 is 0 Å². The molecule has 1 heterocycles.